The van der Waals surface area contributed by atoms with Gasteiger partial charge in [0.1, 0.15) is 35.1 Å². The number of nitrogens with zero attached hydrogens (tertiary/aromatic N) is 2. The van der Waals surface area contributed by atoms with E-state index in [9.17, 15) is 15.3 Å². The monoisotopic (exact) mass is 483 g/mol. The Kier molecular flexibility index (Phi) is 6.38. The average Bonchev–Trinajstić information content (AvgIpc) is 3.50. The van der Waals surface area contributed by atoms with Gasteiger partial charge >= 0.3 is 0 Å². The Morgan fingerprint density at radius 1 is 1.09 bits per heavy atom. The molecule has 0 fully saturated rings. The van der Waals surface area contributed by atoms with Crippen molar-refractivity contribution in [3.63, 3.8) is 0 Å². The summed E-state index contributed by atoms with van der Waals surface area (Å²) in [7, 11) is 0. The van der Waals surface area contributed by atoms with Crippen LogP contribution in [0.2, 0.25) is 0 Å². The molecule has 0 bridgehead atoms. The van der Waals surface area contributed by atoms with E-state index < -0.39 is 5.91 Å². The fraction of sp³-hybridized carbons (Fsp3) is 0.222. The first kappa shape index (κ1) is 22.5. The predicted octanol–water partition coefficient (Wildman–Crippen LogP) is 5.35. The average molecular weight is 484 g/mol. The van der Waals surface area contributed by atoms with Crippen LogP contribution < -0.4 is 19.5 Å². The van der Waals surface area contributed by atoms with Crippen LogP contribution in [0, 0.1) is 22.7 Å². The number of fused-ring (bicyclic) bond motifs is 2. The maximum Gasteiger partial charge on any atom is 0.266 e. The van der Waals surface area contributed by atoms with E-state index in [0.29, 0.717) is 34.2 Å². The molecule has 1 aliphatic carbocycles. The van der Waals surface area contributed by atoms with Crippen molar-refractivity contribution in [1.82, 2.24) is 0 Å². The van der Waals surface area contributed by atoms with Crippen LogP contribution in [0.25, 0.3) is 6.08 Å². The number of hydrogen-bond acceptors (Lipinski definition) is 7. The number of thiophene rings is 1. The fourth-order valence-corrected chi connectivity index (χ4v) is 5.35. The highest BCUT2D eigenvalue weighted by Crippen LogP contribution is 2.38. The van der Waals surface area contributed by atoms with Crippen molar-refractivity contribution < 1.29 is 19.0 Å². The van der Waals surface area contributed by atoms with Gasteiger partial charge in [-0.25, -0.2) is 0 Å². The summed E-state index contributed by atoms with van der Waals surface area (Å²) in [6.07, 6.45) is 5.44. The number of hydrogen-bond donors (Lipinski definition) is 1. The standard InChI is InChI=1S/C27H21N3O4S/c28-13-19(26(31)30-27-22(14-29)21-3-1-2-4-25(21)35-27)11-17-5-8-20(9-6-17)32-15-18-7-10-23-24(12-18)34-16-33-23/h5-12H,1-4,15-16H2,(H,30,31)/b19-11+. The Hall–Kier alpha value is -4.27. The van der Waals surface area contributed by atoms with Crippen molar-refractivity contribution in [2.24, 2.45) is 0 Å². The molecule has 0 atom stereocenters. The predicted molar refractivity (Wildman–Crippen MR) is 131 cm³/mol. The van der Waals surface area contributed by atoms with E-state index in [-0.39, 0.29) is 12.4 Å². The van der Waals surface area contributed by atoms with E-state index in [1.54, 1.807) is 24.3 Å². The molecule has 35 heavy (non-hydrogen) atoms. The second-order valence-corrected chi connectivity index (χ2v) is 9.30. The Bertz CT molecular complexity index is 1390. The first-order chi connectivity index (χ1) is 17.1. The van der Waals surface area contributed by atoms with Crippen molar-refractivity contribution in [2.75, 3.05) is 12.1 Å². The fourth-order valence-electron chi connectivity index (χ4n) is 4.12. The zero-order valence-electron chi connectivity index (χ0n) is 18.8. The molecule has 3 aromatic rings. The summed E-state index contributed by atoms with van der Waals surface area (Å²) < 4.78 is 16.5. The van der Waals surface area contributed by atoms with Gasteiger partial charge in [-0.05, 0) is 72.7 Å². The molecule has 2 aliphatic rings. The summed E-state index contributed by atoms with van der Waals surface area (Å²) in [5.41, 5.74) is 3.18. The lowest BCUT2D eigenvalue weighted by Crippen LogP contribution is -2.13. The topological polar surface area (TPSA) is 104 Å². The van der Waals surface area contributed by atoms with Crippen LogP contribution in [0.15, 0.2) is 48.0 Å². The normalized spacial score (nSPS) is 13.9. The Morgan fingerprint density at radius 3 is 2.69 bits per heavy atom. The molecule has 5 rings (SSSR count). The number of anilines is 1. The van der Waals surface area contributed by atoms with Gasteiger partial charge in [-0.15, -0.1) is 11.3 Å². The number of benzene rings is 2. The second kappa shape index (κ2) is 9.92. The minimum Gasteiger partial charge on any atom is -0.489 e. The Balaban J connectivity index is 1.24. The number of nitriles is 2. The van der Waals surface area contributed by atoms with Crippen LogP contribution in [0.1, 0.15) is 40.0 Å². The SMILES string of the molecule is N#C/C(=C\c1ccc(OCc2ccc3c(c2)OCO3)cc1)C(=O)Nc1sc2c(c1C#N)CCCC2. The molecule has 1 aliphatic heterocycles. The van der Waals surface area contributed by atoms with Gasteiger partial charge in [0, 0.05) is 4.88 Å². The number of carbonyl (C=O) groups excluding carboxylic acids is 1. The van der Waals surface area contributed by atoms with E-state index in [1.807, 2.05) is 24.3 Å². The summed E-state index contributed by atoms with van der Waals surface area (Å²) in [5, 5.41) is 22.5. The number of carbonyl (C=O) groups is 1. The van der Waals surface area contributed by atoms with E-state index in [2.05, 4.69) is 11.4 Å². The number of nitrogens with one attached hydrogen (secondary N) is 1. The molecule has 7 nitrogen and oxygen atoms in total. The number of amides is 1. The number of aryl methyl sites for hydroxylation is 1. The molecule has 0 radical (unpaired) electrons. The van der Waals surface area contributed by atoms with E-state index >= 15 is 0 Å². The second-order valence-electron chi connectivity index (χ2n) is 8.20. The molecule has 8 heteroatoms. The number of rotatable bonds is 6. The molecule has 2 heterocycles. The quantitative estimate of drug-likeness (QED) is 0.374. The molecule has 1 N–H and O–H groups in total. The smallest absolute Gasteiger partial charge is 0.266 e. The van der Waals surface area contributed by atoms with Gasteiger partial charge in [-0.2, -0.15) is 10.5 Å². The van der Waals surface area contributed by atoms with Gasteiger partial charge in [0.2, 0.25) is 6.79 Å². The van der Waals surface area contributed by atoms with Crippen LogP contribution in [0.5, 0.6) is 17.2 Å². The molecule has 174 valence electrons. The van der Waals surface area contributed by atoms with Gasteiger partial charge < -0.3 is 19.5 Å². The first-order valence-electron chi connectivity index (χ1n) is 11.2. The van der Waals surface area contributed by atoms with Crippen molar-refractivity contribution in [3.8, 4) is 29.4 Å². The van der Waals surface area contributed by atoms with Crippen molar-refractivity contribution in [1.29, 1.82) is 10.5 Å². The van der Waals surface area contributed by atoms with Crippen LogP contribution in [-0.4, -0.2) is 12.7 Å². The molecule has 0 spiro atoms. The molecule has 0 saturated carbocycles. The highest BCUT2D eigenvalue weighted by Gasteiger charge is 2.22. The highest BCUT2D eigenvalue weighted by atomic mass is 32.1. The van der Waals surface area contributed by atoms with E-state index in [0.717, 1.165) is 47.4 Å². The maximum absolute atomic E-state index is 12.8. The summed E-state index contributed by atoms with van der Waals surface area (Å²) in [5.74, 6) is 1.57. The molecule has 1 aromatic heterocycles. The molecule has 2 aromatic carbocycles. The zero-order valence-corrected chi connectivity index (χ0v) is 19.6. The largest absolute Gasteiger partial charge is 0.489 e. The summed E-state index contributed by atoms with van der Waals surface area (Å²) in [6, 6.07) is 17.0. The lowest BCUT2D eigenvalue weighted by Gasteiger charge is -2.09. The van der Waals surface area contributed by atoms with Gasteiger partial charge in [0.25, 0.3) is 5.91 Å². The van der Waals surface area contributed by atoms with Crippen LogP contribution in [0.3, 0.4) is 0 Å². The summed E-state index contributed by atoms with van der Waals surface area (Å²) >= 11 is 1.44. The van der Waals surface area contributed by atoms with Crippen molar-refractivity contribution in [3.05, 3.63) is 75.2 Å². The van der Waals surface area contributed by atoms with Crippen LogP contribution >= 0.6 is 11.3 Å². The van der Waals surface area contributed by atoms with Crippen molar-refractivity contribution in [2.45, 2.75) is 32.3 Å². The molecule has 1 amide bonds. The molecule has 0 saturated heterocycles. The van der Waals surface area contributed by atoms with Crippen molar-refractivity contribution >= 4 is 28.3 Å². The van der Waals surface area contributed by atoms with Gasteiger partial charge in [0.05, 0.1) is 5.56 Å². The molecule has 0 unspecified atom stereocenters. The maximum atomic E-state index is 12.8. The van der Waals surface area contributed by atoms with Gasteiger partial charge in [0.15, 0.2) is 11.5 Å². The lowest BCUT2D eigenvalue weighted by molar-refractivity contribution is -0.112. The van der Waals surface area contributed by atoms with Gasteiger partial charge in [-0.3, -0.25) is 4.79 Å². The zero-order chi connectivity index (χ0) is 24.2. The minimum absolute atomic E-state index is 0.0331. The highest BCUT2D eigenvalue weighted by molar-refractivity contribution is 7.16. The lowest BCUT2D eigenvalue weighted by atomic mass is 9.96. The summed E-state index contributed by atoms with van der Waals surface area (Å²) in [4.78, 5) is 13.9. The Labute approximate surface area is 206 Å². The van der Waals surface area contributed by atoms with Crippen LogP contribution in [-0.2, 0) is 24.2 Å². The van der Waals surface area contributed by atoms with E-state index in [1.165, 1.54) is 17.4 Å². The minimum atomic E-state index is -0.522. The molecular formula is C27H21N3O4S. The van der Waals surface area contributed by atoms with Gasteiger partial charge in [-0.1, -0.05) is 18.2 Å². The van der Waals surface area contributed by atoms with E-state index in [4.69, 9.17) is 14.2 Å². The van der Waals surface area contributed by atoms with Crippen LogP contribution in [0.4, 0.5) is 5.00 Å². The number of ether oxygens (including phenoxy) is 3. The summed E-state index contributed by atoms with van der Waals surface area (Å²) in [6.45, 7) is 0.593. The Morgan fingerprint density at radius 2 is 1.89 bits per heavy atom. The third-order valence-corrected chi connectivity index (χ3v) is 7.12. The third-order valence-electron chi connectivity index (χ3n) is 5.91. The third kappa shape index (κ3) is 4.84. The first-order valence-corrected chi connectivity index (χ1v) is 12.1. The molecular weight excluding hydrogens is 462 g/mol.